The molecule has 1 aromatic heterocycles. The number of nitrogens with zero attached hydrogens (tertiary/aromatic N) is 2. The van der Waals surface area contributed by atoms with Crippen LogP contribution in [0.2, 0.25) is 0 Å². The second-order valence-corrected chi connectivity index (χ2v) is 6.20. The first-order valence-corrected chi connectivity index (χ1v) is 8.62. The Kier molecular flexibility index (Phi) is 7.34. The summed E-state index contributed by atoms with van der Waals surface area (Å²) in [5, 5.41) is 7.07. The molecule has 0 radical (unpaired) electrons. The van der Waals surface area contributed by atoms with E-state index in [1.165, 1.54) is 7.05 Å². The van der Waals surface area contributed by atoms with Gasteiger partial charge in [0.2, 0.25) is 0 Å². The molecule has 148 valence electrons. The largest absolute Gasteiger partial charge is 0.488 e. The maximum Gasteiger partial charge on any atom is 0.434 e. The van der Waals surface area contributed by atoms with Crippen molar-refractivity contribution in [3.63, 3.8) is 0 Å². The Bertz CT molecular complexity index is 763. The fourth-order valence-electron chi connectivity index (χ4n) is 1.99. The highest BCUT2D eigenvalue weighted by atomic mass is 32.1. The molecule has 0 bridgehead atoms. The predicted molar refractivity (Wildman–Crippen MR) is 92.1 cm³/mol. The van der Waals surface area contributed by atoms with Crippen LogP contribution in [0.4, 0.5) is 22.0 Å². The van der Waals surface area contributed by atoms with E-state index in [4.69, 9.17) is 4.74 Å². The summed E-state index contributed by atoms with van der Waals surface area (Å²) in [5.74, 6) is 0.678. The Morgan fingerprint density at radius 1 is 1.26 bits per heavy atom. The minimum Gasteiger partial charge on any atom is -0.488 e. The number of rotatable bonds is 7. The monoisotopic (exact) mass is 408 g/mol. The van der Waals surface area contributed by atoms with Gasteiger partial charge < -0.3 is 15.4 Å². The number of halogens is 5. The molecule has 5 nitrogen and oxygen atoms in total. The van der Waals surface area contributed by atoms with Crippen molar-refractivity contribution in [2.75, 3.05) is 13.7 Å². The Labute approximate surface area is 156 Å². The molecule has 2 rings (SSSR count). The lowest BCUT2D eigenvalue weighted by atomic mass is 10.2. The van der Waals surface area contributed by atoms with Crippen LogP contribution < -0.4 is 15.4 Å². The highest BCUT2D eigenvalue weighted by molar-refractivity contribution is 7.09. The molecule has 0 atom stereocenters. The van der Waals surface area contributed by atoms with E-state index in [1.807, 2.05) is 0 Å². The smallest absolute Gasteiger partial charge is 0.434 e. The Hall–Kier alpha value is -2.43. The van der Waals surface area contributed by atoms with Crippen LogP contribution in [0.25, 0.3) is 0 Å². The van der Waals surface area contributed by atoms with Gasteiger partial charge in [0.15, 0.2) is 11.7 Å². The van der Waals surface area contributed by atoms with E-state index in [9.17, 15) is 22.0 Å². The van der Waals surface area contributed by atoms with Gasteiger partial charge in [-0.2, -0.15) is 13.2 Å². The molecule has 2 aromatic rings. The van der Waals surface area contributed by atoms with Crippen LogP contribution in [-0.4, -0.2) is 31.0 Å². The van der Waals surface area contributed by atoms with Crippen molar-refractivity contribution in [3.8, 4) is 5.75 Å². The van der Waals surface area contributed by atoms with E-state index in [-0.39, 0.29) is 11.6 Å². The standard InChI is InChI=1S/C16H17F5N4OS/c1-22-15(24-7-14-25-12(9-27-14)16(19,20)21)23-6-10-3-2-4-11(5-10)26-8-13(17)18/h2-5,9,13H,6-8H2,1H3,(H2,22,23,24). The van der Waals surface area contributed by atoms with Gasteiger partial charge in [-0.05, 0) is 17.7 Å². The van der Waals surface area contributed by atoms with Crippen molar-refractivity contribution >= 4 is 17.3 Å². The fourth-order valence-corrected chi connectivity index (χ4v) is 2.73. The zero-order chi connectivity index (χ0) is 19.9. The number of hydrogen-bond donors (Lipinski definition) is 2. The van der Waals surface area contributed by atoms with Crippen molar-refractivity contribution in [2.45, 2.75) is 25.7 Å². The first-order valence-electron chi connectivity index (χ1n) is 7.74. The third-order valence-electron chi connectivity index (χ3n) is 3.21. The summed E-state index contributed by atoms with van der Waals surface area (Å²) in [4.78, 5) is 7.50. The molecule has 11 heteroatoms. The van der Waals surface area contributed by atoms with Crippen LogP contribution in [0.15, 0.2) is 34.6 Å². The van der Waals surface area contributed by atoms with Gasteiger partial charge in [0, 0.05) is 19.0 Å². The summed E-state index contributed by atoms with van der Waals surface area (Å²) in [7, 11) is 1.51. The van der Waals surface area contributed by atoms with Crippen molar-refractivity contribution in [2.24, 2.45) is 4.99 Å². The van der Waals surface area contributed by atoms with E-state index in [0.717, 1.165) is 22.3 Å². The van der Waals surface area contributed by atoms with Crippen LogP contribution >= 0.6 is 11.3 Å². The number of alkyl halides is 5. The SMILES string of the molecule is CN=C(NCc1cccc(OCC(F)F)c1)NCc1nc(C(F)(F)F)cs1. The molecule has 0 fully saturated rings. The molecular weight excluding hydrogens is 391 g/mol. The molecule has 0 aliphatic heterocycles. The molecule has 0 saturated heterocycles. The first kappa shape index (κ1) is 20.9. The normalized spacial score (nSPS) is 12.3. The van der Waals surface area contributed by atoms with Gasteiger partial charge in [0.25, 0.3) is 6.43 Å². The summed E-state index contributed by atoms with van der Waals surface area (Å²) in [6, 6.07) is 6.62. The van der Waals surface area contributed by atoms with Gasteiger partial charge in [-0.15, -0.1) is 11.3 Å². The fraction of sp³-hybridized carbons (Fsp3) is 0.375. The number of aromatic nitrogens is 1. The van der Waals surface area contributed by atoms with E-state index in [0.29, 0.717) is 18.3 Å². The topological polar surface area (TPSA) is 58.5 Å². The number of ether oxygens (including phenoxy) is 1. The Morgan fingerprint density at radius 3 is 2.63 bits per heavy atom. The molecule has 27 heavy (non-hydrogen) atoms. The first-order chi connectivity index (χ1) is 12.8. The lowest BCUT2D eigenvalue weighted by Gasteiger charge is -2.12. The van der Waals surface area contributed by atoms with E-state index in [2.05, 4.69) is 20.6 Å². The van der Waals surface area contributed by atoms with Crippen LogP contribution in [0.1, 0.15) is 16.3 Å². The third-order valence-corrected chi connectivity index (χ3v) is 4.06. The van der Waals surface area contributed by atoms with Crippen LogP contribution in [0.5, 0.6) is 5.75 Å². The lowest BCUT2D eigenvalue weighted by Crippen LogP contribution is -2.36. The molecule has 0 aliphatic rings. The maximum absolute atomic E-state index is 12.5. The highest BCUT2D eigenvalue weighted by Crippen LogP contribution is 2.29. The number of nitrogens with one attached hydrogen (secondary N) is 2. The van der Waals surface area contributed by atoms with Crippen molar-refractivity contribution in [1.29, 1.82) is 0 Å². The number of benzene rings is 1. The number of hydrogen-bond acceptors (Lipinski definition) is 4. The van der Waals surface area contributed by atoms with Crippen LogP contribution in [-0.2, 0) is 19.3 Å². The van der Waals surface area contributed by atoms with Gasteiger partial charge in [-0.3, -0.25) is 4.99 Å². The number of aliphatic imine (C=N–C) groups is 1. The number of thiazole rings is 1. The van der Waals surface area contributed by atoms with E-state index < -0.39 is 24.9 Å². The average molecular weight is 408 g/mol. The maximum atomic E-state index is 12.5. The molecule has 0 aliphatic carbocycles. The lowest BCUT2D eigenvalue weighted by molar-refractivity contribution is -0.140. The van der Waals surface area contributed by atoms with Gasteiger partial charge in [0.05, 0.1) is 6.54 Å². The second-order valence-electron chi connectivity index (χ2n) is 5.25. The molecular formula is C16H17F5N4OS. The zero-order valence-electron chi connectivity index (χ0n) is 14.2. The van der Waals surface area contributed by atoms with Gasteiger partial charge in [-0.1, -0.05) is 12.1 Å². The summed E-state index contributed by atoms with van der Waals surface area (Å²) in [5.41, 5.74) is -0.161. The van der Waals surface area contributed by atoms with Crippen LogP contribution in [0, 0.1) is 0 Å². The quantitative estimate of drug-likeness (QED) is 0.417. The summed E-state index contributed by atoms with van der Waals surface area (Å²) in [6.07, 6.45) is -7.02. The van der Waals surface area contributed by atoms with E-state index in [1.54, 1.807) is 24.3 Å². The van der Waals surface area contributed by atoms with Gasteiger partial charge in [0.1, 0.15) is 17.4 Å². The summed E-state index contributed by atoms with van der Waals surface area (Å²) >= 11 is 0.899. The molecule has 0 saturated carbocycles. The predicted octanol–water partition coefficient (Wildman–Crippen LogP) is 3.67. The molecule has 2 N–H and O–H groups in total. The molecule has 1 heterocycles. The molecule has 1 aromatic carbocycles. The summed E-state index contributed by atoms with van der Waals surface area (Å²) in [6.45, 7) is -0.289. The molecule has 0 unspecified atom stereocenters. The average Bonchev–Trinajstić information content (AvgIpc) is 3.10. The minimum absolute atomic E-state index is 0.0813. The molecule has 0 spiro atoms. The zero-order valence-corrected chi connectivity index (χ0v) is 15.0. The molecule has 0 amide bonds. The van der Waals surface area contributed by atoms with Gasteiger partial charge in [-0.25, -0.2) is 13.8 Å². The highest BCUT2D eigenvalue weighted by Gasteiger charge is 2.33. The van der Waals surface area contributed by atoms with Crippen molar-refractivity contribution < 1.29 is 26.7 Å². The van der Waals surface area contributed by atoms with Crippen LogP contribution in [0.3, 0.4) is 0 Å². The van der Waals surface area contributed by atoms with Crippen molar-refractivity contribution in [1.82, 2.24) is 15.6 Å². The van der Waals surface area contributed by atoms with Crippen molar-refractivity contribution in [3.05, 3.63) is 45.9 Å². The van der Waals surface area contributed by atoms with Gasteiger partial charge >= 0.3 is 6.18 Å². The third kappa shape index (κ3) is 7.00. The Morgan fingerprint density at radius 2 is 2.00 bits per heavy atom. The van der Waals surface area contributed by atoms with E-state index >= 15 is 0 Å². The summed E-state index contributed by atoms with van der Waals surface area (Å²) < 4.78 is 66.9. The second kappa shape index (κ2) is 9.49. The minimum atomic E-state index is -4.47. The number of guanidine groups is 1. The Balaban J connectivity index is 1.85.